The molecule has 0 aliphatic carbocycles. The Morgan fingerprint density at radius 3 is 2.69 bits per heavy atom. The van der Waals surface area contributed by atoms with Crippen LogP contribution in [-0.4, -0.2) is 23.5 Å². The molecule has 4 nitrogen and oxygen atoms in total. The first-order chi connectivity index (χ1) is 7.58. The van der Waals surface area contributed by atoms with Gasteiger partial charge in [0, 0.05) is 18.3 Å². The molecule has 0 bridgehead atoms. The molecule has 1 aromatic rings. The van der Waals surface area contributed by atoms with E-state index in [9.17, 15) is 4.79 Å². The highest BCUT2D eigenvalue weighted by Gasteiger charge is 2.13. The molecule has 0 aliphatic rings. The number of hydrogen-bond donors (Lipinski definition) is 2. The molecule has 1 aromatic heterocycles. The molecular weight excluding hydrogens is 202 g/mol. The second-order valence-electron chi connectivity index (χ2n) is 3.90. The van der Waals surface area contributed by atoms with Crippen LogP contribution in [0, 0.1) is 13.8 Å². The molecule has 0 radical (unpaired) electrons. The maximum Gasteiger partial charge on any atom is 0.253 e. The Morgan fingerprint density at radius 1 is 1.50 bits per heavy atom. The third kappa shape index (κ3) is 3.03. The van der Waals surface area contributed by atoms with Crippen molar-refractivity contribution in [2.45, 2.75) is 33.2 Å². The second-order valence-corrected chi connectivity index (χ2v) is 3.90. The van der Waals surface area contributed by atoms with Crippen molar-refractivity contribution in [1.29, 1.82) is 0 Å². The highest BCUT2D eigenvalue weighted by Crippen LogP contribution is 2.06. The summed E-state index contributed by atoms with van der Waals surface area (Å²) in [5, 5.41) is 2.89. The molecule has 4 heteroatoms. The smallest absolute Gasteiger partial charge is 0.253 e. The number of rotatable bonds is 4. The number of nitrogens with one attached hydrogen (secondary N) is 1. The van der Waals surface area contributed by atoms with Crippen molar-refractivity contribution in [2.24, 2.45) is 5.73 Å². The molecule has 1 amide bonds. The minimum absolute atomic E-state index is 0.0354. The number of pyridine rings is 1. The number of carbonyl (C=O) groups excluding carboxylic acids is 1. The summed E-state index contributed by atoms with van der Waals surface area (Å²) in [7, 11) is 0. The molecule has 1 unspecified atom stereocenters. The van der Waals surface area contributed by atoms with E-state index >= 15 is 0 Å². The Morgan fingerprint density at radius 2 is 2.19 bits per heavy atom. The van der Waals surface area contributed by atoms with Gasteiger partial charge in [0.25, 0.3) is 5.91 Å². The average molecular weight is 221 g/mol. The molecule has 0 fully saturated rings. The summed E-state index contributed by atoms with van der Waals surface area (Å²) in [6.07, 6.45) is 0.834. The van der Waals surface area contributed by atoms with Gasteiger partial charge in [-0.15, -0.1) is 0 Å². The maximum absolute atomic E-state index is 11.9. The summed E-state index contributed by atoms with van der Waals surface area (Å²) in [4.78, 5) is 16.2. The van der Waals surface area contributed by atoms with Crippen molar-refractivity contribution in [3.8, 4) is 0 Å². The first-order valence-corrected chi connectivity index (χ1v) is 5.53. The van der Waals surface area contributed by atoms with Gasteiger partial charge in [0.05, 0.1) is 11.3 Å². The minimum atomic E-state index is -0.0951. The van der Waals surface area contributed by atoms with E-state index in [4.69, 9.17) is 5.73 Å². The van der Waals surface area contributed by atoms with E-state index in [0.717, 1.165) is 17.8 Å². The molecule has 88 valence electrons. The van der Waals surface area contributed by atoms with Crippen LogP contribution in [-0.2, 0) is 0 Å². The Bertz CT molecular complexity index is 373. The first kappa shape index (κ1) is 12.6. The van der Waals surface area contributed by atoms with Crippen LogP contribution in [0.15, 0.2) is 12.1 Å². The van der Waals surface area contributed by atoms with Crippen molar-refractivity contribution < 1.29 is 4.79 Å². The predicted octanol–water partition coefficient (Wildman–Crippen LogP) is 1.17. The standard InChI is InChI=1S/C12H19N3O/c1-4-10(7-13)15-12(16)11-6-5-8(2)14-9(11)3/h5-6,10H,4,7,13H2,1-3H3,(H,15,16). The quantitative estimate of drug-likeness (QED) is 0.801. The number of nitrogens with two attached hydrogens (primary N) is 1. The molecule has 1 heterocycles. The summed E-state index contributed by atoms with van der Waals surface area (Å²) in [5.41, 5.74) is 7.83. The monoisotopic (exact) mass is 221 g/mol. The lowest BCUT2D eigenvalue weighted by Crippen LogP contribution is -2.40. The van der Waals surface area contributed by atoms with Crippen LogP contribution >= 0.6 is 0 Å². The lowest BCUT2D eigenvalue weighted by molar-refractivity contribution is 0.0936. The van der Waals surface area contributed by atoms with E-state index in [1.165, 1.54) is 0 Å². The Labute approximate surface area is 96.3 Å². The molecule has 16 heavy (non-hydrogen) atoms. The van der Waals surface area contributed by atoms with Gasteiger partial charge in [0.2, 0.25) is 0 Å². The number of nitrogens with zero attached hydrogens (tertiary/aromatic N) is 1. The van der Waals surface area contributed by atoms with Gasteiger partial charge >= 0.3 is 0 Å². The Kier molecular flexibility index (Phi) is 4.43. The summed E-state index contributed by atoms with van der Waals surface area (Å²) >= 11 is 0. The van der Waals surface area contributed by atoms with Crippen molar-refractivity contribution in [2.75, 3.05) is 6.54 Å². The van der Waals surface area contributed by atoms with Crippen LogP contribution in [0.3, 0.4) is 0 Å². The van der Waals surface area contributed by atoms with Gasteiger partial charge in [-0.25, -0.2) is 0 Å². The molecule has 0 saturated carbocycles. The molecular formula is C12H19N3O. The summed E-state index contributed by atoms with van der Waals surface area (Å²) in [6.45, 7) is 6.20. The zero-order chi connectivity index (χ0) is 12.1. The van der Waals surface area contributed by atoms with Gasteiger partial charge in [-0.05, 0) is 32.4 Å². The Hall–Kier alpha value is -1.42. The summed E-state index contributed by atoms with van der Waals surface area (Å²) < 4.78 is 0. The van der Waals surface area contributed by atoms with Crippen LogP contribution in [0.2, 0.25) is 0 Å². The van der Waals surface area contributed by atoms with E-state index in [0.29, 0.717) is 12.1 Å². The van der Waals surface area contributed by atoms with Gasteiger partial charge < -0.3 is 11.1 Å². The maximum atomic E-state index is 11.9. The van der Waals surface area contributed by atoms with Crippen molar-refractivity contribution in [1.82, 2.24) is 10.3 Å². The third-order valence-electron chi connectivity index (χ3n) is 2.58. The fourth-order valence-electron chi connectivity index (χ4n) is 1.52. The zero-order valence-corrected chi connectivity index (χ0v) is 10.1. The lowest BCUT2D eigenvalue weighted by Gasteiger charge is -2.15. The molecule has 1 rings (SSSR count). The van der Waals surface area contributed by atoms with Crippen LogP contribution in [0.1, 0.15) is 35.1 Å². The van der Waals surface area contributed by atoms with Gasteiger partial charge in [-0.1, -0.05) is 6.92 Å². The van der Waals surface area contributed by atoms with E-state index in [-0.39, 0.29) is 11.9 Å². The Balaban J connectivity index is 2.80. The van der Waals surface area contributed by atoms with E-state index in [1.807, 2.05) is 26.8 Å². The molecule has 3 N–H and O–H groups in total. The normalized spacial score (nSPS) is 12.2. The molecule has 0 aliphatic heterocycles. The van der Waals surface area contributed by atoms with Gasteiger partial charge in [-0.2, -0.15) is 0 Å². The highest BCUT2D eigenvalue weighted by atomic mass is 16.1. The topological polar surface area (TPSA) is 68.0 Å². The second kappa shape index (κ2) is 5.61. The van der Waals surface area contributed by atoms with Crippen molar-refractivity contribution in [3.05, 3.63) is 29.1 Å². The lowest BCUT2D eigenvalue weighted by atomic mass is 10.1. The van der Waals surface area contributed by atoms with Crippen molar-refractivity contribution in [3.63, 3.8) is 0 Å². The highest BCUT2D eigenvalue weighted by molar-refractivity contribution is 5.95. The number of amides is 1. The van der Waals surface area contributed by atoms with Crippen LogP contribution < -0.4 is 11.1 Å². The van der Waals surface area contributed by atoms with Crippen LogP contribution in [0.25, 0.3) is 0 Å². The zero-order valence-electron chi connectivity index (χ0n) is 10.1. The van der Waals surface area contributed by atoms with Crippen LogP contribution in [0.5, 0.6) is 0 Å². The van der Waals surface area contributed by atoms with Crippen molar-refractivity contribution >= 4 is 5.91 Å². The average Bonchev–Trinajstić information content (AvgIpc) is 2.25. The number of aryl methyl sites for hydroxylation is 2. The van der Waals surface area contributed by atoms with Gasteiger partial charge in [-0.3, -0.25) is 9.78 Å². The summed E-state index contributed by atoms with van der Waals surface area (Å²) in [5.74, 6) is -0.0951. The van der Waals surface area contributed by atoms with Crippen LogP contribution in [0.4, 0.5) is 0 Å². The fraction of sp³-hybridized carbons (Fsp3) is 0.500. The SMILES string of the molecule is CCC(CN)NC(=O)c1ccc(C)nc1C. The van der Waals surface area contributed by atoms with E-state index < -0.39 is 0 Å². The fourth-order valence-corrected chi connectivity index (χ4v) is 1.52. The summed E-state index contributed by atoms with van der Waals surface area (Å²) in [6, 6.07) is 3.68. The van der Waals surface area contributed by atoms with E-state index in [1.54, 1.807) is 6.07 Å². The third-order valence-corrected chi connectivity index (χ3v) is 2.58. The largest absolute Gasteiger partial charge is 0.348 e. The number of hydrogen-bond acceptors (Lipinski definition) is 3. The first-order valence-electron chi connectivity index (χ1n) is 5.53. The van der Waals surface area contributed by atoms with E-state index in [2.05, 4.69) is 10.3 Å². The minimum Gasteiger partial charge on any atom is -0.348 e. The van der Waals surface area contributed by atoms with Gasteiger partial charge in [0.15, 0.2) is 0 Å². The molecule has 0 aromatic carbocycles. The van der Waals surface area contributed by atoms with Gasteiger partial charge in [0.1, 0.15) is 0 Å². The number of carbonyl (C=O) groups is 1. The number of aromatic nitrogens is 1. The molecule has 1 atom stereocenters. The molecule has 0 saturated heterocycles. The predicted molar refractivity (Wildman–Crippen MR) is 64.3 cm³/mol. The molecule has 0 spiro atoms.